The average Bonchev–Trinajstić information content (AvgIpc) is 2.85. The summed E-state index contributed by atoms with van der Waals surface area (Å²) in [5, 5.41) is 3.34. The van der Waals surface area contributed by atoms with Gasteiger partial charge in [0.25, 0.3) is 0 Å². The number of ether oxygens (including phenoxy) is 2. The Bertz CT molecular complexity index is 254. The third kappa shape index (κ3) is 2.98. The highest BCUT2D eigenvalue weighted by atomic mass is 127. The molecule has 1 fully saturated rings. The Balaban J connectivity index is 0.00000128. The molecule has 0 spiro atoms. The SMILES string of the molecule is COC1(CNC2=NCCN2C)CCOC1.I. The molecule has 2 rings (SSSR count). The third-order valence-corrected chi connectivity index (χ3v) is 3.13. The van der Waals surface area contributed by atoms with E-state index in [0.29, 0.717) is 6.61 Å². The average molecular weight is 341 g/mol. The molecule has 2 aliphatic rings. The minimum atomic E-state index is -0.161. The smallest absolute Gasteiger partial charge is 0.193 e. The zero-order valence-electron chi connectivity index (χ0n) is 9.86. The van der Waals surface area contributed by atoms with E-state index in [9.17, 15) is 0 Å². The molecule has 0 saturated carbocycles. The standard InChI is InChI=1S/C10H19N3O2.HI/c1-13-5-4-11-9(13)12-7-10(14-2)3-6-15-8-10;/h3-8H2,1-2H3,(H,11,12);1H. The van der Waals surface area contributed by atoms with Gasteiger partial charge in [-0.05, 0) is 0 Å². The maximum absolute atomic E-state index is 5.53. The van der Waals surface area contributed by atoms with Crippen molar-refractivity contribution in [2.45, 2.75) is 12.0 Å². The van der Waals surface area contributed by atoms with E-state index in [1.165, 1.54) is 0 Å². The van der Waals surface area contributed by atoms with Gasteiger partial charge in [0, 0.05) is 40.3 Å². The van der Waals surface area contributed by atoms with Crippen molar-refractivity contribution in [2.75, 3.05) is 47.0 Å². The molecule has 94 valence electrons. The van der Waals surface area contributed by atoms with Crippen molar-refractivity contribution in [1.82, 2.24) is 10.2 Å². The molecule has 6 heteroatoms. The highest BCUT2D eigenvalue weighted by molar-refractivity contribution is 14.0. The largest absolute Gasteiger partial charge is 0.378 e. The Kier molecular flexibility index (Phi) is 5.26. The van der Waals surface area contributed by atoms with Gasteiger partial charge >= 0.3 is 0 Å². The van der Waals surface area contributed by atoms with E-state index < -0.39 is 0 Å². The molecule has 1 atom stereocenters. The maximum atomic E-state index is 5.53. The summed E-state index contributed by atoms with van der Waals surface area (Å²) >= 11 is 0. The molecule has 1 unspecified atom stereocenters. The first-order valence-electron chi connectivity index (χ1n) is 5.38. The molecule has 2 heterocycles. The Morgan fingerprint density at radius 2 is 2.44 bits per heavy atom. The van der Waals surface area contributed by atoms with Crippen LogP contribution in [0.4, 0.5) is 0 Å². The molecule has 0 amide bonds. The number of likely N-dealkylation sites (N-methyl/N-ethyl adjacent to an activating group) is 1. The molecule has 1 N–H and O–H groups in total. The monoisotopic (exact) mass is 341 g/mol. The second-order valence-electron chi connectivity index (χ2n) is 4.17. The number of hydrogen-bond acceptors (Lipinski definition) is 5. The predicted octanol–water partition coefficient (Wildman–Crippen LogP) is 0.301. The van der Waals surface area contributed by atoms with E-state index in [2.05, 4.69) is 15.2 Å². The summed E-state index contributed by atoms with van der Waals surface area (Å²) in [5.74, 6) is 0.971. The molecule has 1 saturated heterocycles. The van der Waals surface area contributed by atoms with E-state index in [1.807, 2.05) is 7.05 Å². The van der Waals surface area contributed by atoms with Gasteiger partial charge in [-0.15, -0.1) is 24.0 Å². The second kappa shape index (κ2) is 6.02. The molecule has 0 aromatic carbocycles. The second-order valence-corrected chi connectivity index (χ2v) is 4.17. The van der Waals surface area contributed by atoms with Crippen LogP contribution in [-0.4, -0.2) is 63.5 Å². The lowest BCUT2D eigenvalue weighted by Gasteiger charge is -2.27. The molecule has 0 bridgehead atoms. The molecule has 0 aromatic heterocycles. The van der Waals surface area contributed by atoms with Gasteiger partial charge in [-0.3, -0.25) is 4.99 Å². The van der Waals surface area contributed by atoms with Gasteiger partial charge in [-0.25, -0.2) is 0 Å². The van der Waals surface area contributed by atoms with Gasteiger partial charge in [-0.1, -0.05) is 0 Å². The number of methoxy groups -OCH3 is 1. The van der Waals surface area contributed by atoms with Crippen LogP contribution in [0.25, 0.3) is 0 Å². The van der Waals surface area contributed by atoms with Gasteiger partial charge in [0.1, 0.15) is 5.60 Å². The normalized spacial score (nSPS) is 28.9. The van der Waals surface area contributed by atoms with Gasteiger partial charge in [0.2, 0.25) is 0 Å². The van der Waals surface area contributed by atoms with E-state index >= 15 is 0 Å². The Hall–Kier alpha value is -0.0800. The van der Waals surface area contributed by atoms with Crippen molar-refractivity contribution in [3.63, 3.8) is 0 Å². The minimum absolute atomic E-state index is 0. The van der Waals surface area contributed by atoms with Crippen molar-refractivity contribution in [2.24, 2.45) is 4.99 Å². The third-order valence-electron chi connectivity index (χ3n) is 3.13. The van der Waals surface area contributed by atoms with Gasteiger partial charge in [0.05, 0.1) is 13.2 Å². The molecule has 16 heavy (non-hydrogen) atoms. The first-order valence-corrected chi connectivity index (χ1v) is 5.38. The quantitative estimate of drug-likeness (QED) is 0.751. The number of nitrogens with zero attached hydrogens (tertiary/aromatic N) is 2. The van der Waals surface area contributed by atoms with Crippen molar-refractivity contribution < 1.29 is 9.47 Å². The number of halogens is 1. The van der Waals surface area contributed by atoms with Crippen LogP contribution in [0.5, 0.6) is 0 Å². The lowest BCUT2D eigenvalue weighted by molar-refractivity contribution is -0.0130. The number of nitrogens with one attached hydrogen (secondary N) is 1. The van der Waals surface area contributed by atoms with Crippen molar-refractivity contribution >= 4 is 29.9 Å². The van der Waals surface area contributed by atoms with Crippen LogP contribution in [0, 0.1) is 0 Å². The highest BCUT2D eigenvalue weighted by Crippen LogP contribution is 2.21. The lowest BCUT2D eigenvalue weighted by Crippen LogP contribution is -2.47. The number of hydrogen-bond donors (Lipinski definition) is 1. The maximum Gasteiger partial charge on any atom is 0.193 e. The first kappa shape index (κ1) is 14.0. The lowest BCUT2D eigenvalue weighted by atomic mass is 10.0. The topological polar surface area (TPSA) is 46.1 Å². The number of aliphatic imine (C=N–C) groups is 1. The summed E-state index contributed by atoms with van der Waals surface area (Å²) in [5.41, 5.74) is -0.161. The molecule has 2 aliphatic heterocycles. The van der Waals surface area contributed by atoms with E-state index in [4.69, 9.17) is 9.47 Å². The van der Waals surface area contributed by atoms with Crippen LogP contribution in [-0.2, 0) is 9.47 Å². The fourth-order valence-electron chi connectivity index (χ4n) is 1.92. The highest BCUT2D eigenvalue weighted by Gasteiger charge is 2.35. The molecule has 5 nitrogen and oxygen atoms in total. The minimum Gasteiger partial charge on any atom is -0.378 e. The van der Waals surface area contributed by atoms with Gasteiger partial charge < -0.3 is 19.7 Å². The van der Waals surface area contributed by atoms with E-state index in [0.717, 1.165) is 38.6 Å². The van der Waals surface area contributed by atoms with Crippen molar-refractivity contribution in [1.29, 1.82) is 0 Å². The fourth-order valence-corrected chi connectivity index (χ4v) is 1.92. The van der Waals surface area contributed by atoms with Gasteiger partial charge in [0.15, 0.2) is 5.96 Å². The summed E-state index contributed by atoms with van der Waals surface area (Å²) in [6, 6.07) is 0. The van der Waals surface area contributed by atoms with Gasteiger partial charge in [-0.2, -0.15) is 0 Å². The zero-order chi connectivity index (χ0) is 10.7. The molecular formula is C10H20IN3O2. The van der Waals surface area contributed by atoms with Crippen molar-refractivity contribution in [3.8, 4) is 0 Å². The Labute approximate surface area is 114 Å². The summed E-state index contributed by atoms with van der Waals surface area (Å²) in [6.07, 6.45) is 0.952. The number of rotatable bonds is 3. The Morgan fingerprint density at radius 1 is 1.62 bits per heavy atom. The van der Waals surface area contributed by atoms with E-state index in [-0.39, 0.29) is 29.6 Å². The molecule has 0 aliphatic carbocycles. The van der Waals surface area contributed by atoms with Crippen LogP contribution >= 0.6 is 24.0 Å². The summed E-state index contributed by atoms with van der Waals surface area (Å²) in [4.78, 5) is 6.50. The molecule has 0 radical (unpaired) electrons. The Morgan fingerprint density at radius 3 is 2.94 bits per heavy atom. The summed E-state index contributed by atoms with van der Waals surface area (Å²) in [6.45, 7) is 4.12. The summed E-state index contributed by atoms with van der Waals surface area (Å²) in [7, 11) is 3.79. The molecule has 0 aromatic rings. The predicted molar refractivity (Wildman–Crippen MR) is 73.5 cm³/mol. The first-order chi connectivity index (χ1) is 7.26. The van der Waals surface area contributed by atoms with E-state index in [1.54, 1.807) is 7.11 Å². The zero-order valence-corrected chi connectivity index (χ0v) is 12.2. The molecular weight excluding hydrogens is 321 g/mol. The fraction of sp³-hybridized carbons (Fsp3) is 0.900. The summed E-state index contributed by atoms with van der Waals surface area (Å²) < 4.78 is 10.9. The van der Waals surface area contributed by atoms with Crippen molar-refractivity contribution in [3.05, 3.63) is 0 Å². The van der Waals surface area contributed by atoms with Crippen LogP contribution in [0.3, 0.4) is 0 Å². The van der Waals surface area contributed by atoms with Crippen LogP contribution < -0.4 is 5.32 Å². The van der Waals surface area contributed by atoms with Crippen LogP contribution in [0.15, 0.2) is 4.99 Å². The number of guanidine groups is 1. The van der Waals surface area contributed by atoms with Crippen LogP contribution in [0.1, 0.15) is 6.42 Å². The van der Waals surface area contributed by atoms with Crippen LogP contribution in [0.2, 0.25) is 0 Å².